The van der Waals surface area contributed by atoms with Crippen LogP contribution >= 0.6 is 0 Å². The van der Waals surface area contributed by atoms with E-state index in [9.17, 15) is 4.39 Å². The SMILES string of the molecule is CCC(CC)n1ccc(COc2c(N)cccc2F)n1. The summed E-state index contributed by atoms with van der Waals surface area (Å²) in [6.07, 6.45) is 3.98. The summed E-state index contributed by atoms with van der Waals surface area (Å²) in [4.78, 5) is 0. The minimum atomic E-state index is -0.454. The zero-order valence-corrected chi connectivity index (χ0v) is 11.8. The number of nitrogens with two attached hydrogens (primary N) is 1. The quantitative estimate of drug-likeness (QED) is 0.822. The lowest BCUT2D eigenvalue weighted by Gasteiger charge is -2.12. The van der Waals surface area contributed by atoms with Crippen molar-refractivity contribution in [2.75, 3.05) is 5.73 Å². The third-order valence-corrected chi connectivity index (χ3v) is 3.34. The van der Waals surface area contributed by atoms with Crippen LogP contribution in [0.4, 0.5) is 10.1 Å². The number of aromatic nitrogens is 2. The van der Waals surface area contributed by atoms with Gasteiger partial charge in [0.1, 0.15) is 6.61 Å². The molecule has 2 rings (SSSR count). The Hall–Kier alpha value is -2.04. The number of nitrogens with zero attached hydrogens (tertiary/aromatic N) is 2. The molecule has 0 radical (unpaired) electrons. The summed E-state index contributed by atoms with van der Waals surface area (Å²) in [7, 11) is 0. The van der Waals surface area contributed by atoms with Crippen LogP contribution in [-0.2, 0) is 6.61 Å². The number of hydrogen-bond donors (Lipinski definition) is 1. The normalized spacial score (nSPS) is 11.0. The first-order valence-corrected chi connectivity index (χ1v) is 6.86. The number of rotatable bonds is 6. The molecule has 0 fully saturated rings. The molecule has 5 heteroatoms. The van der Waals surface area contributed by atoms with Crippen LogP contribution in [0.2, 0.25) is 0 Å². The Morgan fingerprint density at radius 3 is 2.70 bits per heavy atom. The minimum absolute atomic E-state index is 0.0876. The summed E-state index contributed by atoms with van der Waals surface area (Å²) in [5.41, 5.74) is 6.75. The van der Waals surface area contributed by atoms with Crippen molar-refractivity contribution in [2.24, 2.45) is 0 Å². The summed E-state index contributed by atoms with van der Waals surface area (Å²) in [6.45, 7) is 4.47. The molecular formula is C15H20FN3O. The van der Waals surface area contributed by atoms with Crippen molar-refractivity contribution < 1.29 is 9.13 Å². The van der Waals surface area contributed by atoms with Crippen LogP contribution in [0.15, 0.2) is 30.5 Å². The van der Waals surface area contributed by atoms with Gasteiger partial charge in [-0.05, 0) is 31.0 Å². The molecule has 0 bridgehead atoms. The van der Waals surface area contributed by atoms with Crippen LogP contribution in [0.25, 0.3) is 0 Å². The molecule has 4 nitrogen and oxygen atoms in total. The second-order valence-electron chi connectivity index (χ2n) is 4.70. The van der Waals surface area contributed by atoms with E-state index < -0.39 is 5.82 Å². The lowest BCUT2D eigenvalue weighted by molar-refractivity contribution is 0.284. The molecule has 0 unspecified atom stereocenters. The van der Waals surface area contributed by atoms with E-state index in [1.54, 1.807) is 12.1 Å². The van der Waals surface area contributed by atoms with Gasteiger partial charge < -0.3 is 10.5 Å². The lowest BCUT2D eigenvalue weighted by atomic mass is 10.2. The zero-order valence-electron chi connectivity index (χ0n) is 11.8. The van der Waals surface area contributed by atoms with Crippen LogP contribution in [0.3, 0.4) is 0 Å². The summed E-state index contributed by atoms with van der Waals surface area (Å²) in [5, 5.41) is 4.46. The fourth-order valence-electron chi connectivity index (χ4n) is 2.14. The maximum Gasteiger partial charge on any atom is 0.178 e. The highest BCUT2D eigenvalue weighted by molar-refractivity contribution is 5.52. The highest BCUT2D eigenvalue weighted by atomic mass is 19.1. The molecule has 1 heterocycles. The average Bonchev–Trinajstić information content (AvgIpc) is 2.88. The van der Waals surface area contributed by atoms with E-state index in [0.717, 1.165) is 18.5 Å². The van der Waals surface area contributed by atoms with Crippen LogP contribution < -0.4 is 10.5 Å². The summed E-state index contributed by atoms with van der Waals surface area (Å²) in [6, 6.07) is 6.77. The molecule has 0 saturated heterocycles. The molecule has 0 aliphatic heterocycles. The van der Waals surface area contributed by atoms with Gasteiger partial charge >= 0.3 is 0 Å². The van der Waals surface area contributed by atoms with Crippen molar-refractivity contribution in [1.29, 1.82) is 0 Å². The van der Waals surface area contributed by atoms with Crippen LogP contribution in [0.5, 0.6) is 5.75 Å². The highest BCUT2D eigenvalue weighted by Gasteiger charge is 2.10. The molecule has 0 saturated carbocycles. The van der Waals surface area contributed by atoms with Gasteiger partial charge in [-0.2, -0.15) is 5.10 Å². The van der Waals surface area contributed by atoms with Gasteiger partial charge in [-0.25, -0.2) is 4.39 Å². The van der Waals surface area contributed by atoms with Gasteiger partial charge in [-0.15, -0.1) is 0 Å². The lowest BCUT2D eigenvalue weighted by Crippen LogP contribution is -2.08. The number of hydrogen-bond acceptors (Lipinski definition) is 3. The van der Waals surface area contributed by atoms with Gasteiger partial charge in [0.2, 0.25) is 0 Å². The smallest absolute Gasteiger partial charge is 0.178 e. The Labute approximate surface area is 118 Å². The zero-order chi connectivity index (χ0) is 14.5. The van der Waals surface area contributed by atoms with Gasteiger partial charge in [0.25, 0.3) is 0 Å². The molecule has 0 spiro atoms. The van der Waals surface area contributed by atoms with Gasteiger partial charge in [-0.3, -0.25) is 4.68 Å². The van der Waals surface area contributed by atoms with E-state index in [1.165, 1.54) is 6.07 Å². The van der Waals surface area contributed by atoms with Crippen LogP contribution in [0, 0.1) is 5.82 Å². The summed E-state index contributed by atoms with van der Waals surface area (Å²) >= 11 is 0. The summed E-state index contributed by atoms with van der Waals surface area (Å²) < 4.78 is 20.9. The van der Waals surface area contributed by atoms with E-state index in [4.69, 9.17) is 10.5 Å². The van der Waals surface area contributed by atoms with Crippen LogP contribution in [0.1, 0.15) is 38.4 Å². The fourth-order valence-corrected chi connectivity index (χ4v) is 2.14. The molecular weight excluding hydrogens is 257 g/mol. The second-order valence-corrected chi connectivity index (χ2v) is 4.70. The van der Waals surface area contributed by atoms with E-state index in [0.29, 0.717) is 11.7 Å². The van der Waals surface area contributed by atoms with E-state index in [-0.39, 0.29) is 12.4 Å². The molecule has 2 aromatic rings. The first-order chi connectivity index (χ1) is 9.65. The van der Waals surface area contributed by atoms with E-state index >= 15 is 0 Å². The van der Waals surface area contributed by atoms with E-state index in [2.05, 4.69) is 18.9 Å². The van der Waals surface area contributed by atoms with E-state index in [1.807, 2.05) is 16.9 Å². The van der Waals surface area contributed by atoms with Gasteiger partial charge in [0.05, 0.1) is 17.4 Å². The standard InChI is InChI=1S/C15H20FN3O/c1-3-12(4-2)19-9-8-11(18-19)10-20-15-13(16)6-5-7-14(15)17/h5-9,12H,3-4,10,17H2,1-2H3. The molecule has 0 amide bonds. The molecule has 2 N–H and O–H groups in total. The van der Waals surface area contributed by atoms with Gasteiger partial charge in [0.15, 0.2) is 11.6 Å². The number of ether oxygens (including phenoxy) is 1. The van der Waals surface area contributed by atoms with Crippen LogP contribution in [-0.4, -0.2) is 9.78 Å². The Bertz CT molecular complexity index is 544. The molecule has 0 aliphatic rings. The number of halogens is 1. The number of para-hydroxylation sites is 1. The van der Waals surface area contributed by atoms with Crippen molar-refractivity contribution >= 4 is 5.69 Å². The monoisotopic (exact) mass is 277 g/mol. The van der Waals surface area contributed by atoms with Crippen molar-refractivity contribution in [2.45, 2.75) is 39.3 Å². The molecule has 1 aromatic heterocycles. The molecule has 108 valence electrons. The first kappa shape index (κ1) is 14.4. The maximum atomic E-state index is 13.6. The maximum absolute atomic E-state index is 13.6. The minimum Gasteiger partial charge on any atom is -0.482 e. The predicted octanol–water partition coefficient (Wildman–Crippen LogP) is 3.54. The largest absolute Gasteiger partial charge is 0.482 e. The third kappa shape index (κ3) is 3.10. The fraction of sp³-hybridized carbons (Fsp3) is 0.400. The number of benzene rings is 1. The number of nitrogen functional groups attached to an aromatic ring is 1. The Morgan fingerprint density at radius 1 is 1.30 bits per heavy atom. The Balaban J connectivity index is 2.05. The second kappa shape index (κ2) is 6.41. The molecule has 1 aromatic carbocycles. The average molecular weight is 277 g/mol. The Morgan fingerprint density at radius 2 is 2.05 bits per heavy atom. The van der Waals surface area contributed by atoms with Crippen molar-refractivity contribution in [3.63, 3.8) is 0 Å². The van der Waals surface area contributed by atoms with Gasteiger partial charge in [-0.1, -0.05) is 19.9 Å². The first-order valence-electron chi connectivity index (χ1n) is 6.86. The molecule has 20 heavy (non-hydrogen) atoms. The van der Waals surface area contributed by atoms with Crippen molar-refractivity contribution in [3.8, 4) is 5.75 Å². The number of anilines is 1. The summed E-state index contributed by atoms with van der Waals surface area (Å²) in [5.74, 6) is -0.367. The predicted molar refractivity (Wildman–Crippen MR) is 77.0 cm³/mol. The Kier molecular flexibility index (Phi) is 4.61. The molecule has 0 atom stereocenters. The third-order valence-electron chi connectivity index (χ3n) is 3.34. The van der Waals surface area contributed by atoms with Gasteiger partial charge in [0, 0.05) is 6.20 Å². The highest BCUT2D eigenvalue weighted by Crippen LogP contribution is 2.25. The van der Waals surface area contributed by atoms with Crippen molar-refractivity contribution in [1.82, 2.24) is 9.78 Å². The van der Waals surface area contributed by atoms with Crippen molar-refractivity contribution in [3.05, 3.63) is 42.0 Å². The molecule has 0 aliphatic carbocycles. The topological polar surface area (TPSA) is 53.1 Å².